The lowest BCUT2D eigenvalue weighted by atomic mass is 9.62. The van der Waals surface area contributed by atoms with Gasteiger partial charge in [-0.15, -0.1) is 0 Å². The molecule has 16 heavy (non-hydrogen) atoms. The van der Waals surface area contributed by atoms with Crippen molar-refractivity contribution in [3.8, 4) is 0 Å². The lowest BCUT2D eigenvalue weighted by Gasteiger charge is -2.41. The zero-order valence-corrected chi connectivity index (χ0v) is 9.98. The molecule has 2 aliphatic rings. The van der Waals surface area contributed by atoms with Crippen molar-refractivity contribution in [2.45, 2.75) is 58.0 Å². The van der Waals surface area contributed by atoms with Crippen LogP contribution in [0.1, 0.15) is 51.9 Å². The number of aliphatic hydroxyl groups excluding tert-OH is 1. The zero-order chi connectivity index (χ0) is 11.8. The van der Waals surface area contributed by atoms with Crippen molar-refractivity contribution in [1.29, 1.82) is 0 Å². The van der Waals surface area contributed by atoms with Gasteiger partial charge in [0.1, 0.15) is 0 Å². The average Bonchev–Trinajstić information content (AvgIpc) is 2.66. The van der Waals surface area contributed by atoms with Gasteiger partial charge in [0.15, 0.2) is 0 Å². The summed E-state index contributed by atoms with van der Waals surface area (Å²) in [5.41, 5.74) is -0.623. The van der Waals surface area contributed by atoms with Crippen LogP contribution in [0, 0.1) is 17.3 Å². The Labute approximate surface area is 96.9 Å². The average molecular weight is 226 g/mol. The Morgan fingerprint density at radius 3 is 2.25 bits per heavy atom. The molecule has 2 atom stereocenters. The Hall–Kier alpha value is -0.570. The van der Waals surface area contributed by atoms with Gasteiger partial charge in [-0.2, -0.15) is 0 Å². The quantitative estimate of drug-likeness (QED) is 0.760. The summed E-state index contributed by atoms with van der Waals surface area (Å²) >= 11 is 0. The van der Waals surface area contributed by atoms with E-state index in [0.717, 1.165) is 44.9 Å². The molecule has 0 bridgehead atoms. The molecule has 92 valence electrons. The summed E-state index contributed by atoms with van der Waals surface area (Å²) < 4.78 is 0. The summed E-state index contributed by atoms with van der Waals surface area (Å²) in [4.78, 5) is 11.6. The summed E-state index contributed by atoms with van der Waals surface area (Å²) in [5.74, 6) is -0.0335. The van der Waals surface area contributed by atoms with Crippen LogP contribution in [0.4, 0.5) is 0 Å². The molecule has 0 saturated heterocycles. The number of carbonyl (C=O) groups is 1. The highest BCUT2D eigenvalue weighted by molar-refractivity contribution is 5.75. The highest BCUT2D eigenvalue weighted by atomic mass is 16.4. The van der Waals surface area contributed by atoms with Crippen LogP contribution < -0.4 is 0 Å². The van der Waals surface area contributed by atoms with Gasteiger partial charge in [0, 0.05) is 5.92 Å². The SMILES string of the molecule is CC1CCC(C(=O)O)(C2CCCC2O)CC1. The number of hydrogen-bond donors (Lipinski definition) is 2. The first kappa shape index (κ1) is 11.9. The molecule has 0 aromatic rings. The normalized spacial score (nSPS) is 44.5. The lowest BCUT2D eigenvalue weighted by Crippen LogP contribution is -2.44. The molecule has 0 radical (unpaired) electrons. The molecule has 2 rings (SSSR count). The van der Waals surface area contributed by atoms with Gasteiger partial charge in [0.25, 0.3) is 0 Å². The molecule has 0 amide bonds. The first-order chi connectivity index (χ1) is 7.56. The van der Waals surface area contributed by atoms with Crippen molar-refractivity contribution in [2.75, 3.05) is 0 Å². The minimum atomic E-state index is -0.676. The van der Waals surface area contributed by atoms with Gasteiger partial charge in [0.05, 0.1) is 11.5 Å². The summed E-state index contributed by atoms with van der Waals surface area (Å²) in [7, 11) is 0. The van der Waals surface area contributed by atoms with Gasteiger partial charge in [-0.3, -0.25) is 4.79 Å². The largest absolute Gasteiger partial charge is 0.481 e. The van der Waals surface area contributed by atoms with E-state index in [1.165, 1.54) is 0 Å². The Balaban J connectivity index is 2.18. The van der Waals surface area contributed by atoms with E-state index in [1.807, 2.05) is 0 Å². The fourth-order valence-electron chi connectivity index (χ4n) is 3.61. The summed E-state index contributed by atoms with van der Waals surface area (Å²) in [6.45, 7) is 2.19. The molecule has 2 fully saturated rings. The highest BCUT2D eigenvalue weighted by Gasteiger charge is 2.51. The third-order valence-electron chi connectivity index (χ3n) is 4.78. The molecule has 2 unspecified atom stereocenters. The van der Waals surface area contributed by atoms with E-state index in [0.29, 0.717) is 5.92 Å². The Kier molecular flexibility index (Phi) is 3.24. The van der Waals surface area contributed by atoms with Crippen LogP contribution in [-0.4, -0.2) is 22.3 Å². The van der Waals surface area contributed by atoms with Gasteiger partial charge < -0.3 is 10.2 Å². The first-order valence-corrected chi connectivity index (χ1v) is 6.48. The Morgan fingerprint density at radius 1 is 1.19 bits per heavy atom. The standard InChI is InChI=1S/C13H22O3/c1-9-5-7-13(8-6-9,12(15)16)10-3-2-4-11(10)14/h9-11,14H,2-8H2,1H3,(H,15,16). The van der Waals surface area contributed by atoms with Crippen LogP contribution in [0.25, 0.3) is 0 Å². The summed E-state index contributed by atoms with van der Waals surface area (Å²) in [6.07, 6.45) is 5.78. The fourth-order valence-corrected chi connectivity index (χ4v) is 3.61. The third-order valence-corrected chi connectivity index (χ3v) is 4.78. The maximum atomic E-state index is 11.6. The molecule has 0 spiro atoms. The predicted octanol–water partition coefficient (Wildman–Crippen LogP) is 2.43. The van der Waals surface area contributed by atoms with Crippen LogP contribution >= 0.6 is 0 Å². The van der Waals surface area contributed by atoms with Gasteiger partial charge in [-0.05, 0) is 44.4 Å². The summed E-state index contributed by atoms with van der Waals surface area (Å²) in [5, 5.41) is 19.5. The monoisotopic (exact) mass is 226 g/mol. The molecule has 2 saturated carbocycles. The van der Waals surface area contributed by atoms with E-state index < -0.39 is 11.4 Å². The zero-order valence-electron chi connectivity index (χ0n) is 9.98. The van der Waals surface area contributed by atoms with Crippen molar-refractivity contribution < 1.29 is 15.0 Å². The smallest absolute Gasteiger partial charge is 0.310 e. The topological polar surface area (TPSA) is 57.5 Å². The molecule has 0 aromatic heterocycles. The van der Waals surface area contributed by atoms with E-state index >= 15 is 0 Å². The fraction of sp³-hybridized carbons (Fsp3) is 0.923. The minimum absolute atomic E-state index is 0.00231. The number of carboxylic acids is 1. The second kappa shape index (κ2) is 4.36. The Bertz CT molecular complexity index is 266. The van der Waals surface area contributed by atoms with Gasteiger partial charge in [-0.25, -0.2) is 0 Å². The predicted molar refractivity (Wildman–Crippen MR) is 61.0 cm³/mol. The Morgan fingerprint density at radius 2 is 1.81 bits per heavy atom. The van der Waals surface area contributed by atoms with Crippen LogP contribution in [0.15, 0.2) is 0 Å². The van der Waals surface area contributed by atoms with Crippen molar-refractivity contribution in [3.63, 3.8) is 0 Å². The molecular weight excluding hydrogens is 204 g/mol. The first-order valence-electron chi connectivity index (χ1n) is 6.48. The molecule has 0 aliphatic heterocycles. The molecular formula is C13H22O3. The van der Waals surface area contributed by atoms with E-state index in [9.17, 15) is 15.0 Å². The van der Waals surface area contributed by atoms with E-state index in [-0.39, 0.29) is 12.0 Å². The number of carboxylic acid groups (broad SMARTS) is 1. The van der Waals surface area contributed by atoms with Crippen LogP contribution in [0.2, 0.25) is 0 Å². The van der Waals surface area contributed by atoms with E-state index in [1.54, 1.807) is 0 Å². The molecule has 3 nitrogen and oxygen atoms in total. The van der Waals surface area contributed by atoms with Crippen molar-refractivity contribution in [2.24, 2.45) is 17.3 Å². The molecule has 0 aromatic carbocycles. The van der Waals surface area contributed by atoms with Crippen LogP contribution in [0.3, 0.4) is 0 Å². The number of rotatable bonds is 2. The van der Waals surface area contributed by atoms with E-state index in [4.69, 9.17) is 0 Å². The molecule has 3 heteroatoms. The van der Waals surface area contributed by atoms with Crippen molar-refractivity contribution >= 4 is 5.97 Å². The third kappa shape index (κ3) is 1.86. The maximum absolute atomic E-state index is 11.6. The van der Waals surface area contributed by atoms with Gasteiger partial charge in [0.2, 0.25) is 0 Å². The lowest BCUT2D eigenvalue weighted by molar-refractivity contribution is -0.159. The second-order valence-corrected chi connectivity index (χ2v) is 5.75. The molecule has 2 N–H and O–H groups in total. The van der Waals surface area contributed by atoms with Crippen molar-refractivity contribution in [1.82, 2.24) is 0 Å². The van der Waals surface area contributed by atoms with Crippen LogP contribution in [-0.2, 0) is 4.79 Å². The van der Waals surface area contributed by atoms with Gasteiger partial charge in [-0.1, -0.05) is 13.3 Å². The maximum Gasteiger partial charge on any atom is 0.310 e. The minimum Gasteiger partial charge on any atom is -0.481 e. The highest BCUT2D eigenvalue weighted by Crippen LogP contribution is 2.50. The van der Waals surface area contributed by atoms with Crippen LogP contribution in [0.5, 0.6) is 0 Å². The number of aliphatic carboxylic acids is 1. The number of aliphatic hydroxyl groups is 1. The van der Waals surface area contributed by atoms with Gasteiger partial charge >= 0.3 is 5.97 Å². The summed E-state index contributed by atoms with van der Waals surface area (Å²) in [6, 6.07) is 0. The van der Waals surface area contributed by atoms with E-state index in [2.05, 4.69) is 6.92 Å². The molecule has 2 aliphatic carbocycles. The van der Waals surface area contributed by atoms with Crippen molar-refractivity contribution in [3.05, 3.63) is 0 Å². The number of hydrogen-bond acceptors (Lipinski definition) is 2. The second-order valence-electron chi connectivity index (χ2n) is 5.75. The molecule has 0 heterocycles.